The molecule has 0 fully saturated rings. The van der Waals surface area contributed by atoms with Gasteiger partial charge in [-0.05, 0) is 127 Å². The number of hydrogen-bond donors (Lipinski definition) is 0. The molecule has 3 aromatic heterocycles. The molecule has 0 unspecified atom stereocenters. The van der Waals surface area contributed by atoms with Gasteiger partial charge in [0.1, 0.15) is 5.82 Å². The van der Waals surface area contributed by atoms with Gasteiger partial charge in [0, 0.05) is 83.7 Å². The monoisotopic (exact) mass is 1190 g/mol. The van der Waals surface area contributed by atoms with E-state index in [-0.39, 0.29) is 42.7 Å². The van der Waals surface area contributed by atoms with Crippen molar-refractivity contribution in [1.82, 2.24) is 14.1 Å². The quantitative estimate of drug-likeness (QED) is 0.142. The molecule has 0 atom stereocenters. The Morgan fingerprint density at radius 3 is 1.64 bits per heavy atom. The van der Waals surface area contributed by atoms with E-state index >= 15 is 0 Å². The van der Waals surface area contributed by atoms with Gasteiger partial charge >= 0.3 is 0 Å². The van der Waals surface area contributed by atoms with Crippen LogP contribution < -0.4 is 14.5 Å². The maximum atomic E-state index is 7.01. The van der Waals surface area contributed by atoms with E-state index in [0.29, 0.717) is 11.5 Å². The predicted molar refractivity (Wildman–Crippen MR) is 318 cm³/mol. The van der Waals surface area contributed by atoms with Crippen LogP contribution in [0.5, 0.6) is 11.5 Å². The molecule has 4 heterocycles. The molecule has 0 spiro atoms. The van der Waals surface area contributed by atoms with Crippen LogP contribution in [0.25, 0.3) is 66.6 Å². The molecule has 0 amide bonds. The van der Waals surface area contributed by atoms with Crippen LogP contribution in [0.15, 0.2) is 176 Å². The number of hydrogen-bond acceptors (Lipinski definition) is 4. The Hall–Kier alpha value is -7.40. The van der Waals surface area contributed by atoms with Crippen molar-refractivity contribution in [3.05, 3.63) is 217 Å². The van der Waals surface area contributed by atoms with Crippen molar-refractivity contribution < 1.29 is 25.8 Å². The summed E-state index contributed by atoms with van der Waals surface area (Å²) in [6, 6.07) is 69.0. The molecule has 8 aromatic carbocycles. The molecule has 0 saturated carbocycles. The zero-order chi connectivity index (χ0) is 53.1. The number of ether oxygens (including phenoxy) is 1. The first-order valence-corrected chi connectivity index (χ1v) is 26.7. The Kier molecular flexibility index (Phi) is 12.7. The first-order valence-electron chi connectivity index (χ1n) is 26.7. The van der Waals surface area contributed by atoms with Gasteiger partial charge in [-0.1, -0.05) is 179 Å². The first-order chi connectivity index (χ1) is 36.2. The molecule has 12 rings (SSSR count). The van der Waals surface area contributed by atoms with E-state index in [1.807, 2.05) is 12.3 Å². The van der Waals surface area contributed by atoms with Gasteiger partial charge in [0.2, 0.25) is 0 Å². The fraction of sp³-hybridized carbons (Fsp3) is 0.229. The van der Waals surface area contributed by atoms with Gasteiger partial charge in [-0.3, -0.25) is 0 Å². The SMILES string of the molecule is CC(C)(C)c1cc(-c2cc(C(C)(C)C)cc(-c3ccccc3)c2N2[CH-]N(c3[c-]c(Oc4[c-]c5c6c7c(cccc7n(-c7ccccc7)c6c4)n5-c4cc(C(C)(C)C)ccn4)ccc3)c3ccccc32)cc(C(C)(C)C)c1.[Pt]. The van der Waals surface area contributed by atoms with Crippen LogP contribution in [0.3, 0.4) is 0 Å². The zero-order valence-electron chi connectivity index (χ0n) is 46.3. The largest absolute Gasteiger partial charge is 0.509 e. The molecular weight excluding hydrogens is 1120 g/mol. The number of aromatic nitrogens is 3. The van der Waals surface area contributed by atoms with Gasteiger partial charge in [-0.15, -0.1) is 42.7 Å². The normalized spacial score (nSPS) is 13.2. The molecule has 77 heavy (non-hydrogen) atoms. The number of rotatable bonds is 8. The van der Waals surface area contributed by atoms with Gasteiger partial charge in [0.15, 0.2) is 0 Å². The van der Waals surface area contributed by atoms with Crippen molar-refractivity contribution in [3.8, 4) is 45.3 Å². The van der Waals surface area contributed by atoms with Gasteiger partial charge in [0.25, 0.3) is 0 Å². The Bertz CT molecular complexity index is 3960. The van der Waals surface area contributed by atoms with Crippen LogP contribution in [0.4, 0.5) is 22.7 Å². The molecule has 1 aliphatic heterocycles. The predicted octanol–water partition coefficient (Wildman–Crippen LogP) is 18.9. The summed E-state index contributed by atoms with van der Waals surface area (Å²) in [7, 11) is 0. The standard InChI is InChI=1S/C70H66N5O.Pt/c1-67(2,3)47-33-34-71-63(40-47)75-60-32-22-31-59-64(60)65-61(74(59)51-25-17-14-18-26-51)42-54(43-62(65)75)76-53-28-21-27-52(41-53)72-44-73(58-30-20-19-29-57(58)72)66-55(45-23-15-13-16-24-45)38-50(70(10,11)12)39-56(66)46-35-48(68(4,5)6)37-49(36-46)69(7,8)9;/h13-40,42,44H,1-12H3;/q-3;. The third-order valence-electron chi connectivity index (χ3n) is 15.2. The Morgan fingerprint density at radius 1 is 0.442 bits per heavy atom. The number of anilines is 4. The van der Waals surface area contributed by atoms with E-state index in [1.54, 1.807) is 0 Å². The van der Waals surface area contributed by atoms with Crippen LogP contribution in [-0.4, -0.2) is 14.1 Å². The third kappa shape index (κ3) is 9.23. The number of benzene rings is 8. The van der Waals surface area contributed by atoms with Crippen LogP contribution in [-0.2, 0) is 42.7 Å². The van der Waals surface area contributed by atoms with Gasteiger partial charge in [-0.2, -0.15) is 6.07 Å². The van der Waals surface area contributed by atoms with Crippen LogP contribution >= 0.6 is 0 Å². The van der Waals surface area contributed by atoms with Crippen molar-refractivity contribution in [1.29, 1.82) is 0 Å². The molecular formula is C70H66N5OPt-3. The Labute approximate surface area is 469 Å². The summed E-state index contributed by atoms with van der Waals surface area (Å²) in [5, 5.41) is 2.29. The molecule has 0 saturated heterocycles. The molecule has 11 aromatic rings. The number of pyridine rings is 1. The molecule has 1 aliphatic rings. The maximum Gasteiger partial charge on any atom is 0.135 e. The average Bonchev–Trinajstić information content (AvgIpc) is 4.17. The minimum Gasteiger partial charge on any atom is -0.509 e. The molecule has 0 radical (unpaired) electrons. The Balaban J connectivity index is 0.00000631. The number of para-hydroxylation sites is 3. The molecule has 7 heteroatoms. The van der Waals surface area contributed by atoms with Crippen molar-refractivity contribution in [2.24, 2.45) is 0 Å². The van der Waals surface area contributed by atoms with Crippen molar-refractivity contribution in [2.75, 3.05) is 9.80 Å². The fourth-order valence-electron chi connectivity index (χ4n) is 11.0. The smallest absolute Gasteiger partial charge is 0.135 e. The van der Waals surface area contributed by atoms with E-state index in [4.69, 9.17) is 9.72 Å². The fourth-order valence-corrected chi connectivity index (χ4v) is 11.0. The van der Waals surface area contributed by atoms with Gasteiger partial charge in [-0.25, -0.2) is 4.98 Å². The first kappa shape index (κ1) is 51.7. The maximum absolute atomic E-state index is 7.01. The summed E-state index contributed by atoms with van der Waals surface area (Å²) in [4.78, 5) is 9.65. The van der Waals surface area contributed by atoms with Crippen molar-refractivity contribution in [2.45, 2.75) is 105 Å². The van der Waals surface area contributed by atoms with Gasteiger partial charge < -0.3 is 23.7 Å². The summed E-state index contributed by atoms with van der Waals surface area (Å²) in [5.41, 5.74) is 18.8. The molecule has 390 valence electrons. The van der Waals surface area contributed by atoms with Crippen molar-refractivity contribution >= 4 is 55.6 Å². The summed E-state index contributed by atoms with van der Waals surface area (Å²) in [6.07, 6.45) is 1.92. The third-order valence-corrected chi connectivity index (χ3v) is 15.2. The average molecular weight is 1190 g/mol. The zero-order valence-corrected chi connectivity index (χ0v) is 48.6. The minimum absolute atomic E-state index is 0. The summed E-state index contributed by atoms with van der Waals surface area (Å²) in [6.45, 7) is 29.8. The Morgan fingerprint density at radius 2 is 1.00 bits per heavy atom. The van der Waals surface area contributed by atoms with E-state index in [9.17, 15) is 0 Å². The molecule has 0 N–H and O–H groups in total. The van der Waals surface area contributed by atoms with Crippen molar-refractivity contribution in [3.63, 3.8) is 0 Å². The second-order valence-electron chi connectivity index (χ2n) is 24.8. The summed E-state index contributed by atoms with van der Waals surface area (Å²) in [5.74, 6) is 2.01. The van der Waals surface area contributed by atoms with Crippen LogP contribution in [0.2, 0.25) is 0 Å². The van der Waals surface area contributed by atoms with Crippen LogP contribution in [0.1, 0.15) is 105 Å². The van der Waals surface area contributed by atoms with Gasteiger partial charge in [0.05, 0.1) is 0 Å². The second-order valence-corrected chi connectivity index (χ2v) is 24.8. The van der Waals surface area contributed by atoms with E-state index in [2.05, 4.69) is 285 Å². The van der Waals surface area contributed by atoms with Crippen LogP contribution in [0, 0.1) is 18.8 Å². The topological polar surface area (TPSA) is 38.5 Å². The second kappa shape index (κ2) is 19.0. The molecule has 0 bridgehead atoms. The minimum atomic E-state index is -0.118. The van der Waals surface area contributed by atoms with E-state index in [0.717, 1.165) is 67.3 Å². The molecule has 0 aliphatic carbocycles. The molecule has 6 nitrogen and oxygen atoms in total. The van der Waals surface area contributed by atoms with E-state index in [1.165, 1.54) is 44.3 Å². The number of fused-ring (bicyclic) bond motifs is 1. The summed E-state index contributed by atoms with van der Waals surface area (Å²) >= 11 is 0. The van der Waals surface area contributed by atoms with E-state index < -0.39 is 0 Å². The number of nitrogens with zero attached hydrogens (tertiary/aromatic N) is 5. The summed E-state index contributed by atoms with van der Waals surface area (Å²) < 4.78 is 11.6.